The molecular weight excluding hydrogens is 519 g/mol. The van der Waals surface area contributed by atoms with Crippen LogP contribution in [0.2, 0.25) is 0 Å². The summed E-state index contributed by atoms with van der Waals surface area (Å²) >= 11 is 0. The third-order valence-electron chi connectivity index (χ3n) is 6.18. The van der Waals surface area contributed by atoms with E-state index in [1.54, 1.807) is 13.2 Å². The Bertz CT molecular complexity index is 726. The first-order valence-corrected chi connectivity index (χ1v) is 11.7. The lowest BCUT2D eigenvalue weighted by atomic mass is 9.97. The molecule has 0 aromatic carbocycles. The number of nitrogens with two attached hydrogens (primary N) is 1. The Labute approximate surface area is 209 Å². The van der Waals surface area contributed by atoms with Crippen LogP contribution in [0.4, 0.5) is 5.82 Å². The van der Waals surface area contributed by atoms with Gasteiger partial charge in [0, 0.05) is 51.6 Å². The summed E-state index contributed by atoms with van der Waals surface area (Å²) in [5.41, 5.74) is 6.62. The second-order valence-corrected chi connectivity index (χ2v) is 8.51. The maximum Gasteiger partial charge on any atom is 0.222 e. The van der Waals surface area contributed by atoms with Gasteiger partial charge in [-0.2, -0.15) is 0 Å². The Balaban J connectivity index is 0.00000363. The van der Waals surface area contributed by atoms with E-state index in [1.807, 2.05) is 6.07 Å². The van der Waals surface area contributed by atoms with Gasteiger partial charge in [0.15, 0.2) is 5.96 Å². The average Bonchev–Trinajstić information content (AvgIpc) is 2.82. The highest BCUT2D eigenvalue weighted by Crippen LogP contribution is 2.24. The number of aliphatic imine (C=N–C) groups is 1. The molecule has 1 aliphatic carbocycles. The highest BCUT2D eigenvalue weighted by molar-refractivity contribution is 14.0. The van der Waals surface area contributed by atoms with E-state index in [9.17, 15) is 4.79 Å². The summed E-state index contributed by atoms with van der Waals surface area (Å²) in [6.07, 6.45) is 11.4. The summed E-state index contributed by atoms with van der Waals surface area (Å²) in [5, 5.41) is 6.74. The van der Waals surface area contributed by atoms with Crippen LogP contribution < -0.4 is 21.3 Å². The van der Waals surface area contributed by atoms with Gasteiger partial charge in [-0.15, -0.1) is 24.0 Å². The zero-order valence-electron chi connectivity index (χ0n) is 19.2. The number of anilines is 1. The SMILES string of the molecule is CN=C(NCCCOC1CCCCC1)NCc1cccnc1N1CCCC(C(N)=O)C1.I. The van der Waals surface area contributed by atoms with Crippen molar-refractivity contribution in [2.24, 2.45) is 16.6 Å². The fourth-order valence-electron chi connectivity index (χ4n) is 4.42. The van der Waals surface area contributed by atoms with Crippen molar-refractivity contribution >= 4 is 41.7 Å². The largest absolute Gasteiger partial charge is 0.378 e. The number of piperidine rings is 1. The molecule has 1 aliphatic heterocycles. The Morgan fingerprint density at radius 2 is 2.06 bits per heavy atom. The predicted octanol–water partition coefficient (Wildman–Crippen LogP) is 2.81. The van der Waals surface area contributed by atoms with Crippen molar-refractivity contribution in [3.05, 3.63) is 23.9 Å². The third kappa shape index (κ3) is 8.38. The van der Waals surface area contributed by atoms with Crippen LogP contribution in [0.15, 0.2) is 23.3 Å². The molecule has 1 aromatic heterocycles. The second-order valence-electron chi connectivity index (χ2n) is 8.51. The molecule has 2 heterocycles. The molecule has 4 N–H and O–H groups in total. The Kier molecular flexibility index (Phi) is 12.1. The third-order valence-corrected chi connectivity index (χ3v) is 6.18. The fourth-order valence-corrected chi connectivity index (χ4v) is 4.42. The number of nitrogens with zero attached hydrogens (tertiary/aromatic N) is 3. The normalized spacial score (nSPS) is 19.8. The van der Waals surface area contributed by atoms with Gasteiger partial charge in [0.1, 0.15) is 5.82 Å². The Hall–Kier alpha value is -1.62. The molecule has 1 saturated heterocycles. The fraction of sp³-hybridized carbons (Fsp3) is 0.696. The van der Waals surface area contributed by atoms with E-state index in [2.05, 4.69) is 31.6 Å². The Morgan fingerprint density at radius 1 is 1.25 bits per heavy atom. The molecule has 8 nitrogen and oxygen atoms in total. The van der Waals surface area contributed by atoms with Gasteiger partial charge < -0.3 is 26.0 Å². The van der Waals surface area contributed by atoms with Crippen LogP contribution in [0, 0.1) is 5.92 Å². The first-order chi connectivity index (χ1) is 15.2. The lowest BCUT2D eigenvalue weighted by molar-refractivity contribution is -0.122. The van der Waals surface area contributed by atoms with Gasteiger partial charge in [-0.05, 0) is 38.2 Å². The molecule has 32 heavy (non-hydrogen) atoms. The molecule has 1 aromatic rings. The van der Waals surface area contributed by atoms with Crippen LogP contribution in [0.3, 0.4) is 0 Å². The van der Waals surface area contributed by atoms with Crippen molar-refractivity contribution in [2.75, 3.05) is 38.2 Å². The number of hydrogen-bond donors (Lipinski definition) is 3. The number of primary amides is 1. The quantitative estimate of drug-likeness (QED) is 0.186. The van der Waals surface area contributed by atoms with Gasteiger partial charge >= 0.3 is 0 Å². The van der Waals surface area contributed by atoms with Crippen molar-refractivity contribution in [3.8, 4) is 0 Å². The van der Waals surface area contributed by atoms with E-state index in [4.69, 9.17) is 10.5 Å². The van der Waals surface area contributed by atoms with Crippen LogP contribution in [0.5, 0.6) is 0 Å². The molecule has 2 aliphatic rings. The number of rotatable bonds is 9. The predicted molar refractivity (Wildman–Crippen MR) is 139 cm³/mol. The molecule has 0 bridgehead atoms. The number of hydrogen-bond acceptors (Lipinski definition) is 5. The summed E-state index contributed by atoms with van der Waals surface area (Å²) in [7, 11) is 1.78. The number of ether oxygens (including phenoxy) is 1. The van der Waals surface area contributed by atoms with E-state index in [1.165, 1.54) is 32.1 Å². The van der Waals surface area contributed by atoms with Gasteiger partial charge in [-0.25, -0.2) is 4.98 Å². The smallest absolute Gasteiger partial charge is 0.222 e. The topological polar surface area (TPSA) is 105 Å². The minimum atomic E-state index is -0.225. The van der Waals surface area contributed by atoms with Crippen molar-refractivity contribution in [3.63, 3.8) is 0 Å². The lowest BCUT2D eigenvalue weighted by Gasteiger charge is -2.33. The highest BCUT2D eigenvalue weighted by atomic mass is 127. The van der Waals surface area contributed by atoms with Crippen molar-refractivity contribution in [1.29, 1.82) is 0 Å². The van der Waals surface area contributed by atoms with E-state index in [-0.39, 0.29) is 35.8 Å². The standard InChI is InChI=1S/C23H38N6O2.HI/c1-25-23(27-13-7-15-31-20-10-3-2-4-11-20)28-16-18-8-5-12-26-22(18)29-14-6-9-19(17-29)21(24)30;/h5,8,12,19-20H,2-4,6-7,9-11,13-17H2,1H3,(H2,24,30)(H2,25,27,28);1H. The maximum absolute atomic E-state index is 11.6. The number of aromatic nitrogens is 1. The Morgan fingerprint density at radius 3 is 2.81 bits per heavy atom. The van der Waals surface area contributed by atoms with Gasteiger partial charge in [0.2, 0.25) is 5.91 Å². The highest BCUT2D eigenvalue weighted by Gasteiger charge is 2.26. The summed E-state index contributed by atoms with van der Waals surface area (Å²) in [4.78, 5) is 22.7. The van der Waals surface area contributed by atoms with Crippen LogP contribution in [-0.2, 0) is 16.1 Å². The molecule has 0 spiro atoms. The van der Waals surface area contributed by atoms with Crippen molar-refractivity contribution in [2.45, 2.75) is 64.0 Å². The number of guanidine groups is 1. The molecule has 3 rings (SSSR count). The van der Waals surface area contributed by atoms with E-state index >= 15 is 0 Å². The number of halogens is 1. The maximum atomic E-state index is 11.6. The van der Waals surface area contributed by atoms with E-state index in [0.717, 1.165) is 56.3 Å². The molecule has 9 heteroatoms. The summed E-state index contributed by atoms with van der Waals surface area (Å²) in [6, 6.07) is 4.00. The number of nitrogens with one attached hydrogen (secondary N) is 2. The zero-order valence-corrected chi connectivity index (χ0v) is 21.6. The van der Waals surface area contributed by atoms with Crippen LogP contribution in [0.1, 0.15) is 56.9 Å². The molecule has 1 amide bonds. The zero-order chi connectivity index (χ0) is 21.9. The molecule has 1 unspecified atom stereocenters. The van der Waals surface area contributed by atoms with Gasteiger partial charge in [0.05, 0.1) is 12.0 Å². The monoisotopic (exact) mass is 558 g/mol. The molecular formula is C23H39IN6O2. The second kappa shape index (κ2) is 14.5. The summed E-state index contributed by atoms with van der Waals surface area (Å²) in [5.74, 6) is 1.35. The van der Waals surface area contributed by atoms with Crippen LogP contribution in [-0.4, -0.2) is 56.2 Å². The van der Waals surface area contributed by atoms with Gasteiger partial charge in [-0.1, -0.05) is 25.3 Å². The number of carbonyl (C=O) groups is 1. The van der Waals surface area contributed by atoms with E-state index < -0.39 is 0 Å². The molecule has 0 radical (unpaired) electrons. The number of pyridine rings is 1. The molecule has 2 fully saturated rings. The minimum absolute atomic E-state index is 0. The molecule has 1 saturated carbocycles. The van der Waals surface area contributed by atoms with E-state index in [0.29, 0.717) is 19.2 Å². The minimum Gasteiger partial charge on any atom is -0.378 e. The van der Waals surface area contributed by atoms with Gasteiger partial charge in [-0.3, -0.25) is 9.79 Å². The van der Waals surface area contributed by atoms with Crippen LogP contribution in [0.25, 0.3) is 0 Å². The van der Waals surface area contributed by atoms with Crippen molar-refractivity contribution < 1.29 is 9.53 Å². The average molecular weight is 559 g/mol. The first-order valence-electron chi connectivity index (χ1n) is 11.7. The summed E-state index contributed by atoms with van der Waals surface area (Å²) < 4.78 is 5.99. The van der Waals surface area contributed by atoms with Gasteiger partial charge in [0.25, 0.3) is 0 Å². The van der Waals surface area contributed by atoms with Crippen molar-refractivity contribution in [1.82, 2.24) is 15.6 Å². The number of carbonyl (C=O) groups excluding carboxylic acids is 1. The lowest BCUT2D eigenvalue weighted by Crippen LogP contribution is -2.42. The molecule has 1 atom stereocenters. The molecule has 180 valence electrons. The number of amides is 1. The summed E-state index contributed by atoms with van der Waals surface area (Å²) in [6.45, 7) is 3.74. The first kappa shape index (κ1) is 26.6. The van der Waals surface area contributed by atoms with Crippen LogP contribution >= 0.6 is 24.0 Å².